The second kappa shape index (κ2) is 7.08. The fraction of sp³-hybridized carbons (Fsp3) is 1.00. The van der Waals surface area contributed by atoms with Gasteiger partial charge in [-0.2, -0.15) is 0 Å². The molecule has 1 rings (SSSR count). The molecule has 114 valence electrons. The van der Waals surface area contributed by atoms with Crippen LogP contribution in [0.2, 0.25) is 0 Å². The zero-order chi connectivity index (χ0) is 14.5. The molecule has 2 heteroatoms. The highest BCUT2D eigenvalue weighted by molar-refractivity contribution is 4.79. The maximum atomic E-state index is 5.80. The minimum atomic E-state index is 0.319. The highest BCUT2D eigenvalue weighted by atomic mass is 15.1. The fourth-order valence-corrected chi connectivity index (χ4v) is 3.13. The maximum Gasteiger partial charge on any atom is -0.00159 e. The van der Waals surface area contributed by atoms with E-state index in [0.29, 0.717) is 10.8 Å². The number of hydrogen-bond acceptors (Lipinski definition) is 2. The number of nitrogens with two attached hydrogens (primary N) is 1. The largest absolute Gasteiger partial charge is 0.330 e. The summed E-state index contributed by atoms with van der Waals surface area (Å²) in [6.45, 7) is 16.4. The highest BCUT2D eigenvalue weighted by Crippen LogP contribution is 2.34. The zero-order valence-electron chi connectivity index (χ0n) is 14.0. The van der Waals surface area contributed by atoms with Crippen LogP contribution in [0.1, 0.15) is 66.7 Å². The smallest absolute Gasteiger partial charge is 0.00159 e. The van der Waals surface area contributed by atoms with E-state index >= 15 is 0 Å². The molecule has 0 aliphatic carbocycles. The van der Waals surface area contributed by atoms with Crippen LogP contribution in [0, 0.1) is 16.7 Å². The summed E-state index contributed by atoms with van der Waals surface area (Å²) in [5.74, 6) is 0.901. The first-order valence-electron chi connectivity index (χ1n) is 8.17. The Hall–Kier alpha value is -0.0800. The molecule has 0 saturated carbocycles. The van der Waals surface area contributed by atoms with Crippen molar-refractivity contribution in [3.05, 3.63) is 0 Å². The van der Waals surface area contributed by atoms with Gasteiger partial charge in [0.15, 0.2) is 0 Å². The van der Waals surface area contributed by atoms with E-state index in [1.54, 1.807) is 0 Å². The normalized spacial score (nSPS) is 23.4. The molecule has 1 aliphatic heterocycles. The summed E-state index contributed by atoms with van der Waals surface area (Å²) in [6.07, 6.45) is 6.72. The molecule has 1 saturated heterocycles. The van der Waals surface area contributed by atoms with Crippen molar-refractivity contribution in [2.45, 2.75) is 66.7 Å². The van der Waals surface area contributed by atoms with Gasteiger partial charge < -0.3 is 10.6 Å². The number of hydrogen-bond donors (Lipinski definition) is 1. The Morgan fingerprint density at radius 3 is 2.32 bits per heavy atom. The predicted molar refractivity (Wildman–Crippen MR) is 85.3 cm³/mol. The Bertz CT molecular complexity index is 252. The molecule has 0 aromatic carbocycles. The Morgan fingerprint density at radius 2 is 1.74 bits per heavy atom. The van der Waals surface area contributed by atoms with Gasteiger partial charge in [0.1, 0.15) is 0 Å². The highest BCUT2D eigenvalue weighted by Gasteiger charge is 2.27. The molecule has 1 fully saturated rings. The molecule has 1 atom stereocenters. The summed E-state index contributed by atoms with van der Waals surface area (Å²) in [6, 6.07) is 0. The summed E-state index contributed by atoms with van der Waals surface area (Å²) >= 11 is 0. The SMILES string of the molecule is CC(C)(CN)CCCN1CCCC(C(C)(C)C)CC1. The van der Waals surface area contributed by atoms with Crippen molar-refractivity contribution in [3.63, 3.8) is 0 Å². The van der Waals surface area contributed by atoms with E-state index in [1.165, 1.54) is 51.7 Å². The molecule has 0 spiro atoms. The lowest BCUT2D eigenvalue weighted by atomic mass is 9.77. The topological polar surface area (TPSA) is 29.3 Å². The molecule has 0 amide bonds. The zero-order valence-corrected chi connectivity index (χ0v) is 14.0. The van der Waals surface area contributed by atoms with Crippen molar-refractivity contribution in [2.24, 2.45) is 22.5 Å². The first-order valence-corrected chi connectivity index (χ1v) is 8.17. The van der Waals surface area contributed by atoms with Crippen LogP contribution in [0.5, 0.6) is 0 Å². The number of nitrogens with zero attached hydrogens (tertiary/aromatic N) is 1. The predicted octanol–water partition coefficient (Wildman–Crippen LogP) is 3.90. The van der Waals surface area contributed by atoms with Crippen LogP contribution in [0.25, 0.3) is 0 Å². The van der Waals surface area contributed by atoms with Gasteiger partial charge in [-0.05, 0) is 75.0 Å². The lowest BCUT2D eigenvalue weighted by Gasteiger charge is -2.30. The molecule has 0 radical (unpaired) electrons. The summed E-state index contributed by atoms with van der Waals surface area (Å²) in [7, 11) is 0. The Kier molecular flexibility index (Phi) is 6.32. The van der Waals surface area contributed by atoms with Gasteiger partial charge in [-0.1, -0.05) is 34.6 Å². The number of likely N-dealkylation sites (tertiary alicyclic amines) is 1. The summed E-state index contributed by atoms with van der Waals surface area (Å²) in [5.41, 5.74) is 6.61. The van der Waals surface area contributed by atoms with Crippen molar-refractivity contribution in [1.29, 1.82) is 0 Å². The van der Waals surface area contributed by atoms with Crippen molar-refractivity contribution in [1.82, 2.24) is 4.90 Å². The first kappa shape index (κ1) is 17.0. The second-order valence-corrected chi connectivity index (χ2v) is 8.31. The van der Waals surface area contributed by atoms with Crippen molar-refractivity contribution >= 4 is 0 Å². The van der Waals surface area contributed by atoms with E-state index in [9.17, 15) is 0 Å². The van der Waals surface area contributed by atoms with Crippen molar-refractivity contribution in [3.8, 4) is 0 Å². The Labute approximate surface area is 121 Å². The number of rotatable bonds is 5. The molecule has 1 unspecified atom stereocenters. The molecular weight excluding hydrogens is 232 g/mol. The van der Waals surface area contributed by atoms with Crippen molar-refractivity contribution in [2.75, 3.05) is 26.2 Å². The Morgan fingerprint density at radius 1 is 1.05 bits per heavy atom. The van der Waals surface area contributed by atoms with Gasteiger partial charge in [-0.15, -0.1) is 0 Å². The summed E-state index contributed by atoms with van der Waals surface area (Å²) < 4.78 is 0. The van der Waals surface area contributed by atoms with E-state index in [1.807, 2.05) is 0 Å². The average molecular weight is 268 g/mol. The molecule has 19 heavy (non-hydrogen) atoms. The van der Waals surface area contributed by atoms with E-state index in [4.69, 9.17) is 5.73 Å². The van der Waals surface area contributed by atoms with Crippen LogP contribution < -0.4 is 5.73 Å². The van der Waals surface area contributed by atoms with E-state index in [2.05, 4.69) is 39.5 Å². The molecule has 1 heterocycles. The van der Waals surface area contributed by atoms with Gasteiger partial charge in [-0.3, -0.25) is 0 Å². The monoisotopic (exact) mass is 268 g/mol. The minimum absolute atomic E-state index is 0.319. The van der Waals surface area contributed by atoms with Gasteiger partial charge >= 0.3 is 0 Å². The van der Waals surface area contributed by atoms with Crippen LogP contribution in [0.15, 0.2) is 0 Å². The third-order valence-corrected chi connectivity index (χ3v) is 4.93. The molecule has 1 aliphatic rings. The summed E-state index contributed by atoms with van der Waals surface area (Å²) in [5, 5.41) is 0. The van der Waals surface area contributed by atoms with Gasteiger partial charge in [-0.25, -0.2) is 0 Å². The third kappa shape index (κ3) is 6.27. The van der Waals surface area contributed by atoms with Gasteiger partial charge in [0, 0.05) is 0 Å². The summed E-state index contributed by atoms with van der Waals surface area (Å²) in [4.78, 5) is 2.68. The van der Waals surface area contributed by atoms with Crippen molar-refractivity contribution < 1.29 is 0 Å². The fourth-order valence-electron chi connectivity index (χ4n) is 3.13. The van der Waals surface area contributed by atoms with Crippen LogP contribution in [0.4, 0.5) is 0 Å². The maximum absolute atomic E-state index is 5.80. The van der Waals surface area contributed by atoms with Crippen LogP contribution >= 0.6 is 0 Å². The van der Waals surface area contributed by atoms with Gasteiger partial charge in [0.25, 0.3) is 0 Å². The minimum Gasteiger partial charge on any atom is -0.330 e. The van der Waals surface area contributed by atoms with Crippen LogP contribution in [-0.2, 0) is 0 Å². The van der Waals surface area contributed by atoms with E-state index in [0.717, 1.165) is 12.5 Å². The average Bonchev–Trinajstić information content (AvgIpc) is 2.54. The van der Waals surface area contributed by atoms with E-state index < -0.39 is 0 Å². The first-order chi connectivity index (χ1) is 8.74. The molecular formula is C17H36N2. The van der Waals surface area contributed by atoms with E-state index in [-0.39, 0.29) is 0 Å². The molecule has 0 aromatic heterocycles. The lowest BCUT2D eigenvalue weighted by Crippen LogP contribution is -2.29. The lowest BCUT2D eigenvalue weighted by molar-refractivity contribution is 0.204. The van der Waals surface area contributed by atoms with Gasteiger partial charge in [0.2, 0.25) is 0 Å². The standard InChI is InChI=1S/C17H36N2/c1-16(2,3)15-8-6-11-19(13-9-15)12-7-10-17(4,5)14-18/h15H,6-14,18H2,1-5H3. The molecule has 2 nitrogen and oxygen atoms in total. The third-order valence-electron chi connectivity index (χ3n) is 4.93. The molecule has 0 bridgehead atoms. The molecule has 2 N–H and O–H groups in total. The molecule has 0 aromatic rings. The van der Waals surface area contributed by atoms with Crippen LogP contribution in [0.3, 0.4) is 0 Å². The van der Waals surface area contributed by atoms with Crippen LogP contribution in [-0.4, -0.2) is 31.1 Å². The Balaban J connectivity index is 2.30. The quantitative estimate of drug-likeness (QED) is 0.819. The van der Waals surface area contributed by atoms with Gasteiger partial charge in [0.05, 0.1) is 0 Å². The second-order valence-electron chi connectivity index (χ2n) is 8.31.